The highest BCUT2D eigenvalue weighted by Gasteiger charge is 2.06. The average molecular weight is 352 g/mol. The van der Waals surface area contributed by atoms with E-state index in [4.69, 9.17) is 4.74 Å². The van der Waals surface area contributed by atoms with Crippen molar-refractivity contribution < 1.29 is 9.13 Å². The van der Waals surface area contributed by atoms with Crippen LogP contribution in [-0.4, -0.2) is 6.54 Å². The molecule has 0 aliphatic carbocycles. The number of ether oxygens (including phenoxy) is 1. The fourth-order valence-corrected chi connectivity index (χ4v) is 2.61. The summed E-state index contributed by atoms with van der Waals surface area (Å²) in [5, 5.41) is 3.30. The summed E-state index contributed by atoms with van der Waals surface area (Å²) >= 11 is 3.29. The van der Waals surface area contributed by atoms with Crippen molar-refractivity contribution in [1.29, 1.82) is 0 Å². The summed E-state index contributed by atoms with van der Waals surface area (Å²) in [4.78, 5) is 0. The lowest BCUT2D eigenvalue weighted by Crippen LogP contribution is -2.13. The highest BCUT2D eigenvalue weighted by molar-refractivity contribution is 9.10. The molecular weight excluding hydrogens is 333 g/mol. The van der Waals surface area contributed by atoms with Gasteiger partial charge in [-0.1, -0.05) is 40.5 Å². The van der Waals surface area contributed by atoms with Crippen molar-refractivity contribution in [2.75, 3.05) is 6.54 Å². The van der Waals surface area contributed by atoms with Gasteiger partial charge in [-0.15, -0.1) is 0 Å². The SMILES string of the molecule is CCNCc1cc(C)ccc1OCc1cc(F)cc(Br)c1. The number of hydrogen-bond donors (Lipinski definition) is 1. The average Bonchev–Trinajstić information content (AvgIpc) is 2.43. The van der Waals surface area contributed by atoms with Gasteiger partial charge in [-0.25, -0.2) is 4.39 Å². The fourth-order valence-electron chi connectivity index (χ4n) is 2.10. The first kappa shape index (κ1) is 16.0. The molecule has 0 radical (unpaired) electrons. The van der Waals surface area contributed by atoms with Crippen molar-refractivity contribution in [3.8, 4) is 5.75 Å². The molecule has 2 aromatic carbocycles. The maximum atomic E-state index is 13.4. The molecule has 0 amide bonds. The van der Waals surface area contributed by atoms with E-state index in [2.05, 4.69) is 41.2 Å². The monoisotopic (exact) mass is 351 g/mol. The van der Waals surface area contributed by atoms with Crippen molar-refractivity contribution in [3.63, 3.8) is 0 Å². The third kappa shape index (κ3) is 4.83. The van der Waals surface area contributed by atoms with Crippen molar-refractivity contribution in [1.82, 2.24) is 5.32 Å². The van der Waals surface area contributed by atoms with Crippen molar-refractivity contribution in [3.05, 3.63) is 63.4 Å². The Morgan fingerprint density at radius 1 is 1.19 bits per heavy atom. The maximum Gasteiger partial charge on any atom is 0.124 e. The van der Waals surface area contributed by atoms with Gasteiger partial charge in [0.25, 0.3) is 0 Å². The topological polar surface area (TPSA) is 21.3 Å². The fraction of sp³-hybridized carbons (Fsp3) is 0.294. The lowest BCUT2D eigenvalue weighted by molar-refractivity contribution is 0.301. The van der Waals surface area contributed by atoms with Gasteiger partial charge in [-0.2, -0.15) is 0 Å². The van der Waals surface area contributed by atoms with Gasteiger partial charge in [0.1, 0.15) is 18.2 Å². The molecule has 1 N–H and O–H groups in total. The van der Waals surface area contributed by atoms with Gasteiger partial charge in [0.05, 0.1) is 0 Å². The summed E-state index contributed by atoms with van der Waals surface area (Å²) < 4.78 is 19.9. The summed E-state index contributed by atoms with van der Waals surface area (Å²) in [5.74, 6) is 0.571. The van der Waals surface area contributed by atoms with Crippen LogP contribution in [-0.2, 0) is 13.2 Å². The Morgan fingerprint density at radius 2 is 2.00 bits per heavy atom. The molecule has 4 heteroatoms. The molecule has 0 bridgehead atoms. The van der Waals surface area contributed by atoms with E-state index in [1.54, 1.807) is 0 Å². The van der Waals surface area contributed by atoms with Gasteiger partial charge in [-0.05, 0) is 43.3 Å². The van der Waals surface area contributed by atoms with Crippen LogP contribution in [0.5, 0.6) is 5.75 Å². The molecule has 0 spiro atoms. The van der Waals surface area contributed by atoms with Crippen LogP contribution in [0.25, 0.3) is 0 Å². The second kappa shape index (κ2) is 7.57. The van der Waals surface area contributed by atoms with E-state index in [0.29, 0.717) is 6.61 Å². The minimum absolute atomic E-state index is 0.264. The highest BCUT2D eigenvalue weighted by atomic mass is 79.9. The summed E-state index contributed by atoms with van der Waals surface area (Å²) in [6, 6.07) is 10.9. The number of nitrogens with one attached hydrogen (secondary N) is 1. The van der Waals surface area contributed by atoms with Crippen LogP contribution in [0, 0.1) is 12.7 Å². The van der Waals surface area contributed by atoms with Gasteiger partial charge < -0.3 is 10.1 Å². The van der Waals surface area contributed by atoms with Crippen LogP contribution in [0.4, 0.5) is 4.39 Å². The molecule has 0 fully saturated rings. The number of rotatable bonds is 6. The molecule has 2 nitrogen and oxygen atoms in total. The van der Waals surface area contributed by atoms with Gasteiger partial charge >= 0.3 is 0 Å². The first-order valence-corrected chi connectivity index (χ1v) is 7.76. The normalized spacial score (nSPS) is 10.7. The molecule has 2 rings (SSSR count). The van der Waals surface area contributed by atoms with Crippen LogP contribution in [0.1, 0.15) is 23.6 Å². The van der Waals surface area contributed by atoms with E-state index in [-0.39, 0.29) is 5.82 Å². The van der Waals surface area contributed by atoms with Gasteiger partial charge in [0.15, 0.2) is 0 Å². The van der Waals surface area contributed by atoms with E-state index in [0.717, 1.165) is 34.4 Å². The largest absolute Gasteiger partial charge is 0.489 e. The van der Waals surface area contributed by atoms with E-state index in [9.17, 15) is 4.39 Å². The van der Waals surface area contributed by atoms with Crippen molar-refractivity contribution in [2.45, 2.75) is 27.0 Å². The molecular formula is C17H19BrFNO. The third-order valence-corrected chi connectivity index (χ3v) is 3.56. The smallest absolute Gasteiger partial charge is 0.124 e. The van der Waals surface area contributed by atoms with E-state index >= 15 is 0 Å². The number of benzene rings is 2. The summed E-state index contributed by atoms with van der Waals surface area (Å²) in [6.07, 6.45) is 0. The second-order valence-electron chi connectivity index (χ2n) is 4.96. The zero-order valence-corrected chi connectivity index (χ0v) is 13.8. The predicted molar refractivity (Wildman–Crippen MR) is 87.0 cm³/mol. The van der Waals surface area contributed by atoms with Crippen molar-refractivity contribution >= 4 is 15.9 Å². The van der Waals surface area contributed by atoms with E-state index in [1.807, 2.05) is 18.2 Å². The van der Waals surface area contributed by atoms with Crippen LogP contribution >= 0.6 is 15.9 Å². The Balaban J connectivity index is 2.11. The van der Waals surface area contributed by atoms with Crippen LogP contribution in [0.3, 0.4) is 0 Å². The van der Waals surface area contributed by atoms with E-state index < -0.39 is 0 Å². The molecule has 112 valence electrons. The minimum Gasteiger partial charge on any atom is -0.489 e. The highest BCUT2D eigenvalue weighted by Crippen LogP contribution is 2.22. The zero-order chi connectivity index (χ0) is 15.2. The number of halogens is 2. The molecule has 0 saturated heterocycles. The Labute approximate surface area is 133 Å². The molecule has 21 heavy (non-hydrogen) atoms. The third-order valence-electron chi connectivity index (χ3n) is 3.10. The molecule has 0 aliphatic rings. The van der Waals surface area contributed by atoms with Gasteiger partial charge in [0.2, 0.25) is 0 Å². The number of hydrogen-bond acceptors (Lipinski definition) is 2. The van der Waals surface area contributed by atoms with Crippen LogP contribution < -0.4 is 10.1 Å². The van der Waals surface area contributed by atoms with Gasteiger partial charge in [0, 0.05) is 16.6 Å². The number of aryl methyl sites for hydroxylation is 1. The maximum absolute atomic E-state index is 13.4. The quantitative estimate of drug-likeness (QED) is 0.821. The lowest BCUT2D eigenvalue weighted by Gasteiger charge is -2.13. The minimum atomic E-state index is -0.264. The molecule has 0 aliphatic heterocycles. The molecule has 0 atom stereocenters. The van der Waals surface area contributed by atoms with Crippen LogP contribution in [0.15, 0.2) is 40.9 Å². The standard InChI is InChI=1S/C17H19BrFNO/c1-3-20-10-14-6-12(2)4-5-17(14)21-11-13-7-15(18)9-16(19)8-13/h4-9,20H,3,10-11H2,1-2H3. The summed E-state index contributed by atoms with van der Waals surface area (Å²) in [7, 11) is 0. The predicted octanol–water partition coefficient (Wildman–Crippen LogP) is 4.59. The molecule has 0 aromatic heterocycles. The first-order valence-electron chi connectivity index (χ1n) is 6.96. The Morgan fingerprint density at radius 3 is 2.71 bits per heavy atom. The Kier molecular flexibility index (Phi) is 5.76. The Bertz CT molecular complexity index is 595. The van der Waals surface area contributed by atoms with E-state index in [1.165, 1.54) is 17.7 Å². The van der Waals surface area contributed by atoms with Gasteiger partial charge in [-0.3, -0.25) is 0 Å². The lowest BCUT2D eigenvalue weighted by atomic mass is 10.1. The molecule has 0 saturated carbocycles. The molecule has 0 heterocycles. The first-order chi connectivity index (χ1) is 10.1. The van der Waals surface area contributed by atoms with Crippen molar-refractivity contribution in [2.24, 2.45) is 0 Å². The molecule has 0 unspecified atom stereocenters. The molecule has 2 aromatic rings. The van der Waals surface area contributed by atoms with Crippen LogP contribution in [0.2, 0.25) is 0 Å². The summed E-state index contributed by atoms with van der Waals surface area (Å²) in [6.45, 7) is 6.15. The Hall–Kier alpha value is -1.39. The second-order valence-corrected chi connectivity index (χ2v) is 5.87. The zero-order valence-electron chi connectivity index (χ0n) is 12.2. The summed E-state index contributed by atoms with van der Waals surface area (Å²) in [5.41, 5.74) is 3.12.